The predicted octanol–water partition coefficient (Wildman–Crippen LogP) is 1.79. The summed E-state index contributed by atoms with van der Waals surface area (Å²) in [6, 6.07) is 0. The summed E-state index contributed by atoms with van der Waals surface area (Å²) in [5.41, 5.74) is 5.74. The van der Waals surface area contributed by atoms with Gasteiger partial charge >= 0.3 is 0 Å². The highest BCUT2D eigenvalue weighted by Gasteiger charge is 2.20. The summed E-state index contributed by atoms with van der Waals surface area (Å²) >= 11 is 1.49. The molecule has 0 saturated carbocycles. The van der Waals surface area contributed by atoms with E-state index < -0.39 is 5.82 Å². The van der Waals surface area contributed by atoms with E-state index in [1.165, 1.54) is 11.3 Å². The fraction of sp³-hybridized carbons (Fsp3) is 0.417. The quantitative estimate of drug-likeness (QED) is 0.876. The van der Waals surface area contributed by atoms with Gasteiger partial charge in [0, 0.05) is 12.1 Å². The lowest BCUT2D eigenvalue weighted by Gasteiger charge is -2.20. The Balaban J connectivity index is 1.89. The van der Waals surface area contributed by atoms with Crippen LogP contribution < -0.4 is 11.1 Å². The molecule has 0 atom stereocenters. The number of anilines is 1. The smallest absolute Gasteiger partial charge is 0.220 e. The molecule has 1 fully saturated rings. The van der Waals surface area contributed by atoms with Crippen molar-refractivity contribution in [3.05, 3.63) is 23.2 Å². The Morgan fingerprint density at radius 3 is 2.84 bits per heavy atom. The van der Waals surface area contributed by atoms with E-state index in [9.17, 15) is 4.39 Å². The van der Waals surface area contributed by atoms with Gasteiger partial charge in [0.25, 0.3) is 0 Å². The molecule has 2 aromatic heterocycles. The highest BCUT2D eigenvalue weighted by Crippen LogP contribution is 2.33. The van der Waals surface area contributed by atoms with Crippen molar-refractivity contribution in [1.29, 1.82) is 0 Å². The second-order valence-electron chi connectivity index (χ2n) is 4.51. The number of nitrogen functional groups attached to an aromatic ring is 1. The number of hydrogen-bond donors (Lipinski definition) is 2. The molecule has 3 N–H and O–H groups in total. The average molecular weight is 279 g/mol. The third-order valence-electron chi connectivity index (χ3n) is 3.21. The van der Waals surface area contributed by atoms with Gasteiger partial charge in [-0.3, -0.25) is 0 Å². The second kappa shape index (κ2) is 5.18. The van der Waals surface area contributed by atoms with Gasteiger partial charge in [0.1, 0.15) is 5.69 Å². The molecule has 0 unspecified atom stereocenters. The van der Waals surface area contributed by atoms with Gasteiger partial charge in [-0.15, -0.1) is 11.3 Å². The normalized spacial score (nSPS) is 16.7. The molecular weight excluding hydrogens is 265 g/mol. The molecule has 3 heterocycles. The minimum atomic E-state index is -0.463. The Morgan fingerprint density at radius 2 is 2.05 bits per heavy atom. The molecule has 1 aliphatic heterocycles. The van der Waals surface area contributed by atoms with Crippen LogP contribution in [0.15, 0.2) is 12.4 Å². The summed E-state index contributed by atoms with van der Waals surface area (Å²) < 4.78 is 13.7. The van der Waals surface area contributed by atoms with Gasteiger partial charge in [-0.1, -0.05) is 0 Å². The van der Waals surface area contributed by atoms with E-state index in [1.54, 1.807) is 6.20 Å². The Hall–Kier alpha value is -1.60. The summed E-state index contributed by atoms with van der Waals surface area (Å²) in [5.74, 6) is 0.0742. The molecule has 7 heteroatoms. The number of halogens is 1. The topological polar surface area (TPSA) is 76.7 Å². The maximum atomic E-state index is 13.7. The number of nitrogens with zero attached hydrogens (tertiary/aromatic N) is 3. The van der Waals surface area contributed by atoms with Crippen LogP contribution in [0.4, 0.5) is 10.3 Å². The number of rotatable bonds is 2. The van der Waals surface area contributed by atoms with Gasteiger partial charge < -0.3 is 11.1 Å². The zero-order chi connectivity index (χ0) is 13.2. The SMILES string of the molecule is Nc1ncc(F)c(-c2cnc(C3CCNCC3)s2)n1. The Bertz CT molecular complexity index is 579. The van der Waals surface area contributed by atoms with Crippen molar-refractivity contribution < 1.29 is 4.39 Å². The van der Waals surface area contributed by atoms with Crippen molar-refractivity contribution in [2.24, 2.45) is 0 Å². The maximum absolute atomic E-state index is 13.7. The van der Waals surface area contributed by atoms with Crippen molar-refractivity contribution in [3.8, 4) is 10.6 Å². The van der Waals surface area contributed by atoms with Gasteiger partial charge in [0.15, 0.2) is 5.82 Å². The van der Waals surface area contributed by atoms with Crippen molar-refractivity contribution in [1.82, 2.24) is 20.3 Å². The van der Waals surface area contributed by atoms with Crippen LogP contribution in [0.2, 0.25) is 0 Å². The molecular formula is C12H14FN5S. The lowest BCUT2D eigenvalue weighted by molar-refractivity contribution is 0.459. The van der Waals surface area contributed by atoms with E-state index in [1.807, 2.05) is 0 Å². The number of nitrogens with two attached hydrogens (primary N) is 1. The second-order valence-corrected chi connectivity index (χ2v) is 5.57. The van der Waals surface area contributed by atoms with E-state index in [-0.39, 0.29) is 11.6 Å². The number of aromatic nitrogens is 3. The van der Waals surface area contributed by atoms with Gasteiger partial charge in [-0.25, -0.2) is 19.3 Å². The van der Waals surface area contributed by atoms with Crippen LogP contribution in [0.1, 0.15) is 23.8 Å². The number of piperidine rings is 1. The van der Waals surface area contributed by atoms with Crippen LogP contribution in [0.25, 0.3) is 10.6 Å². The molecule has 0 bridgehead atoms. The van der Waals surface area contributed by atoms with Crippen molar-refractivity contribution >= 4 is 17.3 Å². The Morgan fingerprint density at radius 1 is 1.26 bits per heavy atom. The zero-order valence-electron chi connectivity index (χ0n) is 10.3. The summed E-state index contributed by atoms with van der Waals surface area (Å²) in [5, 5.41) is 4.37. The number of nitrogens with one attached hydrogen (secondary N) is 1. The number of thiazole rings is 1. The van der Waals surface area contributed by atoms with Gasteiger partial charge in [0.2, 0.25) is 5.95 Å². The lowest BCUT2D eigenvalue weighted by atomic mass is 9.99. The molecule has 1 aliphatic rings. The van der Waals surface area contributed by atoms with Crippen LogP contribution in [0.5, 0.6) is 0 Å². The summed E-state index contributed by atoms with van der Waals surface area (Å²) in [7, 11) is 0. The van der Waals surface area contributed by atoms with Crippen molar-refractivity contribution in [3.63, 3.8) is 0 Å². The molecule has 19 heavy (non-hydrogen) atoms. The third-order valence-corrected chi connectivity index (χ3v) is 4.37. The van der Waals surface area contributed by atoms with Crippen LogP contribution in [0, 0.1) is 5.82 Å². The largest absolute Gasteiger partial charge is 0.368 e. The summed E-state index contributed by atoms with van der Waals surface area (Å²) in [6.07, 6.45) is 4.91. The minimum absolute atomic E-state index is 0.0771. The minimum Gasteiger partial charge on any atom is -0.368 e. The Labute approximate surface area is 114 Å². The third kappa shape index (κ3) is 2.57. The highest BCUT2D eigenvalue weighted by molar-refractivity contribution is 7.15. The maximum Gasteiger partial charge on any atom is 0.220 e. The molecule has 0 amide bonds. The molecule has 0 radical (unpaired) electrons. The molecule has 100 valence electrons. The molecule has 2 aromatic rings. The van der Waals surface area contributed by atoms with Gasteiger partial charge in [-0.05, 0) is 25.9 Å². The van der Waals surface area contributed by atoms with E-state index in [4.69, 9.17) is 5.73 Å². The van der Waals surface area contributed by atoms with Crippen LogP contribution >= 0.6 is 11.3 Å². The van der Waals surface area contributed by atoms with Crippen molar-refractivity contribution in [2.75, 3.05) is 18.8 Å². The first-order chi connectivity index (χ1) is 9.24. The zero-order valence-corrected chi connectivity index (χ0v) is 11.1. The molecule has 5 nitrogen and oxygen atoms in total. The van der Waals surface area contributed by atoms with Crippen LogP contribution in [-0.2, 0) is 0 Å². The fourth-order valence-electron chi connectivity index (χ4n) is 2.21. The summed E-state index contributed by atoms with van der Waals surface area (Å²) in [6.45, 7) is 2.02. The van der Waals surface area contributed by atoms with Crippen LogP contribution in [-0.4, -0.2) is 28.0 Å². The van der Waals surface area contributed by atoms with E-state index in [2.05, 4.69) is 20.3 Å². The molecule has 0 aromatic carbocycles. The first-order valence-corrected chi connectivity index (χ1v) is 7.00. The first kappa shape index (κ1) is 12.4. The average Bonchev–Trinajstić information content (AvgIpc) is 2.92. The monoisotopic (exact) mass is 279 g/mol. The van der Waals surface area contributed by atoms with Gasteiger partial charge in [-0.2, -0.15) is 0 Å². The van der Waals surface area contributed by atoms with E-state index in [0.29, 0.717) is 10.8 Å². The molecule has 0 spiro atoms. The van der Waals surface area contributed by atoms with Crippen molar-refractivity contribution in [2.45, 2.75) is 18.8 Å². The van der Waals surface area contributed by atoms with Gasteiger partial charge in [0.05, 0.1) is 16.1 Å². The van der Waals surface area contributed by atoms with E-state index >= 15 is 0 Å². The number of hydrogen-bond acceptors (Lipinski definition) is 6. The first-order valence-electron chi connectivity index (χ1n) is 6.19. The fourth-order valence-corrected chi connectivity index (χ4v) is 3.29. The molecule has 1 saturated heterocycles. The molecule has 3 rings (SSSR count). The Kier molecular flexibility index (Phi) is 3.39. The van der Waals surface area contributed by atoms with E-state index in [0.717, 1.165) is 37.1 Å². The molecule has 0 aliphatic carbocycles. The highest BCUT2D eigenvalue weighted by atomic mass is 32.1. The lowest BCUT2D eigenvalue weighted by Crippen LogP contribution is -2.26. The standard InChI is InChI=1S/C12H14FN5S/c13-8-5-17-12(14)18-10(8)9-6-16-11(19-9)7-1-3-15-4-2-7/h5-7,15H,1-4H2,(H2,14,17,18). The predicted molar refractivity (Wildman–Crippen MR) is 72.4 cm³/mol. The van der Waals surface area contributed by atoms with Crippen LogP contribution in [0.3, 0.4) is 0 Å². The summed E-state index contributed by atoms with van der Waals surface area (Å²) in [4.78, 5) is 12.7.